The van der Waals surface area contributed by atoms with Crippen LogP contribution in [0.5, 0.6) is 5.75 Å². The lowest BCUT2D eigenvalue weighted by atomic mass is 9.97. The summed E-state index contributed by atoms with van der Waals surface area (Å²) in [5.74, 6) is 7.44. The molecule has 3 saturated heterocycles. The van der Waals surface area contributed by atoms with E-state index >= 15 is 0 Å². The van der Waals surface area contributed by atoms with E-state index in [9.17, 15) is 9.59 Å². The number of carbonyl (C=O) groups excluding carboxylic acids is 1. The van der Waals surface area contributed by atoms with E-state index in [0.717, 1.165) is 29.7 Å². The zero-order valence-electron chi connectivity index (χ0n) is 18.4. The zero-order valence-corrected chi connectivity index (χ0v) is 18.4. The summed E-state index contributed by atoms with van der Waals surface area (Å²) in [6.45, 7) is 3.55. The Morgan fingerprint density at radius 2 is 1.97 bits per heavy atom. The third kappa shape index (κ3) is 4.73. The molecule has 166 valence electrons. The fourth-order valence-electron chi connectivity index (χ4n) is 4.36. The molecule has 3 aliphatic heterocycles. The highest BCUT2D eigenvalue weighted by molar-refractivity contribution is 5.78. The first kappa shape index (κ1) is 20.8. The molecular formula is C26H28N2O4. The van der Waals surface area contributed by atoms with Crippen molar-refractivity contribution < 1.29 is 14.3 Å². The molecule has 2 atom stereocenters. The van der Waals surface area contributed by atoms with Crippen LogP contribution in [0.3, 0.4) is 0 Å². The lowest BCUT2D eigenvalue weighted by Crippen LogP contribution is -2.57. The molecule has 4 heterocycles. The van der Waals surface area contributed by atoms with E-state index in [1.54, 1.807) is 4.57 Å². The molecule has 1 aliphatic carbocycles. The van der Waals surface area contributed by atoms with Gasteiger partial charge in [-0.1, -0.05) is 24.0 Å². The molecule has 0 spiro atoms. The summed E-state index contributed by atoms with van der Waals surface area (Å²) < 4.78 is 13.1. The fraction of sp³-hybridized carbons (Fsp3) is 0.462. The third-order valence-electron chi connectivity index (χ3n) is 6.47. The second kappa shape index (κ2) is 8.84. The van der Waals surface area contributed by atoms with E-state index in [4.69, 9.17) is 9.47 Å². The number of benzene rings is 1. The Morgan fingerprint density at radius 1 is 1.16 bits per heavy atom. The van der Waals surface area contributed by atoms with E-state index < -0.39 is 0 Å². The second-order valence-corrected chi connectivity index (χ2v) is 9.02. The van der Waals surface area contributed by atoms with Gasteiger partial charge in [-0.15, -0.1) is 0 Å². The molecule has 4 fully saturated rings. The number of piperidine rings is 1. The Hall–Kier alpha value is -3.04. The first-order chi connectivity index (χ1) is 15.5. The number of nitrogens with zero attached hydrogens (tertiary/aromatic N) is 2. The minimum atomic E-state index is -0.143. The highest BCUT2D eigenvalue weighted by atomic mass is 16.5. The predicted octanol–water partition coefficient (Wildman–Crippen LogP) is 2.74. The van der Waals surface area contributed by atoms with Crippen LogP contribution in [-0.2, 0) is 16.1 Å². The second-order valence-electron chi connectivity index (χ2n) is 9.02. The van der Waals surface area contributed by atoms with Gasteiger partial charge in [0.2, 0.25) is 0 Å². The molecule has 4 aliphatic rings. The van der Waals surface area contributed by atoms with Crippen LogP contribution in [0.4, 0.5) is 0 Å². The average Bonchev–Trinajstić information content (AvgIpc) is 3.64. The smallest absolute Gasteiger partial charge is 0.260 e. The van der Waals surface area contributed by atoms with Gasteiger partial charge in [-0.3, -0.25) is 9.59 Å². The van der Waals surface area contributed by atoms with Crippen LogP contribution in [0.2, 0.25) is 0 Å². The van der Waals surface area contributed by atoms with Gasteiger partial charge in [-0.2, -0.15) is 0 Å². The van der Waals surface area contributed by atoms with E-state index in [2.05, 4.69) is 11.8 Å². The topological polar surface area (TPSA) is 60.8 Å². The van der Waals surface area contributed by atoms with Gasteiger partial charge >= 0.3 is 0 Å². The normalized spacial score (nSPS) is 21.7. The van der Waals surface area contributed by atoms with Gasteiger partial charge in [0.05, 0.1) is 25.3 Å². The molecule has 6 heteroatoms. The Balaban J connectivity index is 1.21. The van der Waals surface area contributed by atoms with E-state index in [-0.39, 0.29) is 30.2 Å². The van der Waals surface area contributed by atoms with Gasteiger partial charge in [-0.25, -0.2) is 0 Å². The van der Waals surface area contributed by atoms with Crippen molar-refractivity contribution in [3.63, 3.8) is 0 Å². The van der Waals surface area contributed by atoms with Gasteiger partial charge in [0, 0.05) is 29.8 Å². The summed E-state index contributed by atoms with van der Waals surface area (Å²) in [7, 11) is 0. The third-order valence-corrected chi connectivity index (χ3v) is 6.47. The summed E-state index contributed by atoms with van der Waals surface area (Å²) in [6, 6.07) is 11.5. The summed E-state index contributed by atoms with van der Waals surface area (Å²) in [5.41, 5.74) is 2.70. The zero-order chi connectivity index (χ0) is 22.1. The summed E-state index contributed by atoms with van der Waals surface area (Å²) >= 11 is 0. The predicted molar refractivity (Wildman–Crippen MR) is 121 cm³/mol. The lowest BCUT2D eigenvalue weighted by Gasteiger charge is -2.44. The Kier molecular flexibility index (Phi) is 5.75. The highest BCUT2D eigenvalue weighted by Gasteiger charge is 2.37. The molecule has 1 aromatic carbocycles. The van der Waals surface area contributed by atoms with Gasteiger partial charge in [-0.05, 0) is 56.4 Å². The number of ether oxygens (including phenoxy) is 2. The number of aryl methyl sites for hydroxylation is 1. The number of morpholine rings is 1. The molecule has 0 N–H and O–H groups in total. The van der Waals surface area contributed by atoms with Crippen molar-refractivity contribution in [1.82, 2.24) is 9.47 Å². The van der Waals surface area contributed by atoms with E-state index in [0.29, 0.717) is 31.4 Å². The average molecular weight is 433 g/mol. The Morgan fingerprint density at radius 3 is 2.59 bits per heavy atom. The first-order valence-electron chi connectivity index (χ1n) is 11.4. The van der Waals surface area contributed by atoms with E-state index in [1.807, 2.05) is 42.2 Å². The quantitative estimate of drug-likeness (QED) is 0.682. The van der Waals surface area contributed by atoms with Crippen molar-refractivity contribution in [2.24, 2.45) is 5.92 Å². The van der Waals surface area contributed by atoms with E-state index in [1.165, 1.54) is 18.9 Å². The number of pyridine rings is 1. The van der Waals surface area contributed by atoms with Gasteiger partial charge in [0.15, 0.2) is 6.61 Å². The summed E-state index contributed by atoms with van der Waals surface area (Å²) in [6.07, 6.45) is 4.59. The molecule has 6 rings (SSSR count). The molecule has 32 heavy (non-hydrogen) atoms. The minimum absolute atomic E-state index is 0.0466. The number of amides is 1. The van der Waals surface area contributed by atoms with Gasteiger partial charge < -0.3 is 18.9 Å². The van der Waals surface area contributed by atoms with Crippen LogP contribution < -0.4 is 10.3 Å². The van der Waals surface area contributed by atoms with Crippen molar-refractivity contribution >= 4 is 5.91 Å². The molecule has 6 nitrogen and oxygen atoms in total. The van der Waals surface area contributed by atoms with Crippen molar-refractivity contribution in [2.45, 2.75) is 51.3 Å². The van der Waals surface area contributed by atoms with Crippen molar-refractivity contribution in [3.8, 4) is 17.6 Å². The van der Waals surface area contributed by atoms with Crippen LogP contribution in [-0.4, -0.2) is 47.3 Å². The van der Waals surface area contributed by atoms with Crippen LogP contribution in [0.25, 0.3) is 0 Å². The number of fused-ring (bicyclic) bond motifs is 3. The molecule has 1 aromatic heterocycles. The maximum absolute atomic E-state index is 12.7. The Labute approximate surface area is 188 Å². The molecular weight excluding hydrogens is 404 g/mol. The Bertz CT molecular complexity index is 1110. The van der Waals surface area contributed by atoms with Crippen LogP contribution in [0.15, 0.2) is 41.2 Å². The van der Waals surface area contributed by atoms with Gasteiger partial charge in [0.25, 0.3) is 11.5 Å². The summed E-state index contributed by atoms with van der Waals surface area (Å²) in [5, 5.41) is 0. The fourth-order valence-corrected chi connectivity index (χ4v) is 4.36. The molecule has 2 unspecified atom stereocenters. The van der Waals surface area contributed by atoms with Crippen molar-refractivity contribution in [1.29, 1.82) is 0 Å². The molecule has 0 radical (unpaired) electrons. The van der Waals surface area contributed by atoms with Crippen LogP contribution >= 0.6 is 0 Å². The van der Waals surface area contributed by atoms with Crippen molar-refractivity contribution in [3.05, 3.63) is 63.6 Å². The number of rotatable bonds is 5. The van der Waals surface area contributed by atoms with Crippen LogP contribution in [0.1, 0.15) is 42.5 Å². The molecule has 1 amide bonds. The summed E-state index contributed by atoms with van der Waals surface area (Å²) in [4.78, 5) is 27.2. The minimum Gasteiger partial charge on any atom is -0.484 e. The SMILES string of the molecule is Cc1cc(OCC(=O)N2CC3CCC2CO3)cc(=O)n1Cc1ccc(C#CC2CC2)cc1. The number of hydrogen-bond donors (Lipinski definition) is 0. The standard InChI is InChI=1S/C26H28N2O4/c1-18-12-24(32-17-26(30)28-15-23-11-10-22(28)16-31-23)13-25(29)27(18)14-21-8-6-20(7-9-21)5-4-19-2-3-19/h6-9,12-13,19,22-23H,2-3,10-11,14-17H2,1H3. The van der Waals surface area contributed by atoms with Gasteiger partial charge in [0.1, 0.15) is 5.75 Å². The maximum atomic E-state index is 12.7. The highest BCUT2D eigenvalue weighted by Crippen LogP contribution is 2.28. The number of aromatic nitrogens is 1. The number of carbonyl (C=O) groups is 1. The largest absolute Gasteiger partial charge is 0.484 e. The molecule has 1 saturated carbocycles. The maximum Gasteiger partial charge on any atom is 0.260 e. The number of hydrogen-bond acceptors (Lipinski definition) is 4. The first-order valence-corrected chi connectivity index (χ1v) is 11.4. The molecule has 2 bridgehead atoms. The van der Waals surface area contributed by atoms with Crippen molar-refractivity contribution in [2.75, 3.05) is 19.8 Å². The lowest BCUT2D eigenvalue weighted by molar-refractivity contribution is -0.156. The van der Waals surface area contributed by atoms with Crippen LogP contribution in [0, 0.1) is 24.7 Å². The monoisotopic (exact) mass is 432 g/mol. The molecule has 2 aromatic rings.